The molecular weight excluding hydrogens is 324 g/mol. The zero-order valence-corrected chi connectivity index (χ0v) is 15.7. The van der Waals surface area contributed by atoms with Crippen molar-refractivity contribution in [3.05, 3.63) is 48.3 Å². The van der Waals surface area contributed by atoms with E-state index in [1.165, 1.54) is 25.7 Å². The van der Waals surface area contributed by atoms with E-state index < -0.39 is 0 Å². The molecule has 1 fully saturated rings. The van der Waals surface area contributed by atoms with Crippen LogP contribution < -0.4 is 15.5 Å². The van der Waals surface area contributed by atoms with Crippen LogP contribution in [0.5, 0.6) is 0 Å². The fraction of sp³-hybridized carbons (Fsp3) is 0.429. The van der Waals surface area contributed by atoms with E-state index in [0.29, 0.717) is 11.7 Å². The summed E-state index contributed by atoms with van der Waals surface area (Å²) in [5.74, 6) is -0.187. The maximum atomic E-state index is 12.4. The van der Waals surface area contributed by atoms with E-state index in [1.54, 1.807) is 12.3 Å². The van der Waals surface area contributed by atoms with Crippen LogP contribution in [-0.4, -0.2) is 30.0 Å². The number of pyridine rings is 1. The van der Waals surface area contributed by atoms with E-state index in [4.69, 9.17) is 0 Å². The van der Waals surface area contributed by atoms with Crippen molar-refractivity contribution < 1.29 is 4.79 Å². The summed E-state index contributed by atoms with van der Waals surface area (Å²) in [6.07, 6.45) is 6.76. The third-order valence-electron chi connectivity index (χ3n) is 4.98. The number of nitrogens with one attached hydrogen (secondary N) is 2. The Kier molecular flexibility index (Phi) is 6.10. The van der Waals surface area contributed by atoms with Crippen LogP contribution in [0.1, 0.15) is 50.0 Å². The number of aromatic nitrogens is 1. The molecule has 5 nitrogen and oxygen atoms in total. The molecule has 0 spiro atoms. The van der Waals surface area contributed by atoms with Crippen molar-refractivity contribution in [2.75, 3.05) is 28.6 Å². The number of carbonyl (C=O) groups is 1. The Bertz CT molecular complexity index is 702. The molecule has 1 aromatic carbocycles. The Morgan fingerprint density at radius 1 is 1.04 bits per heavy atom. The van der Waals surface area contributed by atoms with Crippen LogP contribution in [0, 0.1) is 0 Å². The molecule has 1 amide bonds. The summed E-state index contributed by atoms with van der Waals surface area (Å²) in [6.45, 7) is 6.20. The van der Waals surface area contributed by atoms with Gasteiger partial charge < -0.3 is 15.5 Å². The van der Waals surface area contributed by atoms with Crippen molar-refractivity contribution in [2.24, 2.45) is 0 Å². The lowest BCUT2D eigenvalue weighted by Gasteiger charge is -2.21. The first-order chi connectivity index (χ1) is 12.7. The van der Waals surface area contributed by atoms with Crippen molar-refractivity contribution in [2.45, 2.75) is 45.6 Å². The summed E-state index contributed by atoms with van der Waals surface area (Å²) in [4.78, 5) is 19.0. The molecule has 2 aromatic rings. The van der Waals surface area contributed by atoms with Crippen LogP contribution in [0.3, 0.4) is 0 Å². The third kappa shape index (κ3) is 4.54. The molecule has 2 N–H and O–H groups in total. The molecule has 0 saturated heterocycles. The summed E-state index contributed by atoms with van der Waals surface area (Å²) >= 11 is 0. The van der Waals surface area contributed by atoms with Crippen LogP contribution in [0.2, 0.25) is 0 Å². The monoisotopic (exact) mass is 352 g/mol. The maximum absolute atomic E-state index is 12.4. The van der Waals surface area contributed by atoms with Gasteiger partial charge in [-0.1, -0.05) is 12.8 Å². The first kappa shape index (κ1) is 18.2. The number of rotatable bonds is 7. The Hall–Kier alpha value is -2.56. The van der Waals surface area contributed by atoms with Crippen LogP contribution in [0.4, 0.5) is 17.1 Å². The van der Waals surface area contributed by atoms with Gasteiger partial charge in [0.2, 0.25) is 0 Å². The highest BCUT2D eigenvalue weighted by Crippen LogP contribution is 2.22. The highest BCUT2D eigenvalue weighted by atomic mass is 16.1. The van der Waals surface area contributed by atoms with Crippen LogP contribution in [-0.2, 0) is 0 Å². The zero-order valence-electron chi connectivity index (χ0n) is 15.7. The predicted octanol–water partition coefficient (Wildman–Crippen LogP) is 4.53. The lowest BCUT2D eigenvalue weighted by atomic mass is 10.2. The summed E-state index contributed by atoms with van der Waals surface area (Å²) < 4.78 is 0. The minimum atomic E-state index is -0.187. The van der Waals surface area contributed by atoms with Crippen LogP contribution in [0.15, 0.2) is 42.6 Å². The highest BCUT2D eigenvalue weighted by Gasteiger charge is 2.15. The van der Waals surface area contributed by atoms with Crippen molar-refractivity contribution in [1.29, 1.82) is 0 Å². The fourth-order valence-corrected chi connectivity index (χ4v) is 3.46. The smallest absolute Gasteiger partial charge is 0.274 e. The number of amides is 1. The highest BCUT2D eigenvalue weighted by molar-refractivity contribution is 6.03. The standard InChI is InChI=1S/C21H28N4O/c1-3-25(4-2)19-12-9-17(10-13-19)24-21(26)20-14-11-18(15-22-20)23-16-7-5-6-8-16/h9-16,23H,3-8H2,1-2H3,(H,24,26). The van der Waals surface area contributed by atoms with Gasteiger partial charge in [-0.15, -0.1) is 0 Å². The Balaban J connectivity index is 1.58. The van der Waals surface area contributed by atoms with Gasteiger partial charge in [0.1, 0.15) is 5.69 Å². The van der Waals surface area contributed by atoms with Gasteiger partial charge in [-0.25, -0.2) is 4.98 Å². The second-order valence-corrected chi connectivity index (χ2v) is 6.73. The number of nitrogens with zero attached hydrogens (tertiary/aromatic N) is 2. The molecule has 26 heavy (non-hydrogen) atoms. The molecule has 138 valence electrons. The van der Waals surface area contributed by atoms with E-state index in [-0.39, 0.29) is 5.91 Å². The molecule has 0 atom stereocenters. The largest absolute Gasteiger partial charge is 0.381 e. The Labute approximate surface area is 155 Å². The SMILES string of the molecule is CCN(CC)c1ccc(NC(=O)c2ccc(NC3CCCC3)cn2)cc1. The van der Waals surface area contributed by atoms with Crippen molar-refractivity contribution in [1.82, 2.24) is 4.98 Å². The topological polar surface area (TPSA) is 57.3 Å². The number of hydrogen-bond acceptors (Lipinski definition) is 4. The van der Waals surface area contributed by atoms with Gasteiger partial charge in [0.15, 0.2) is 0 Å². The minimum Gasteiger partial charge on any atom is -0.381 e. The van der Waals surface area contributed by atoms with Gasteiger partial charge in [0.25, 0.3) is 5.91 Å². The normalized spacial score (nSPS) is 14.2. The van der Waals surface area contributed by atoms with Gasteiger partial charge in [0.05, 0.1) is 11.9 Å². The Morgan fingerprint density at radius 2 is 1.69 bits per heavy atom. The van der Waals surface area contributed by atoms with Crippen molar-refractivity contribution in [3.63, 3.8) is 0 Å². The van der Waals surface area contributed by atoms with Crippen LogP contribution in [0.25, 0.3) is 0 Å². The number of anilines is 3. The van der Waals surface area contributed by atoms with Gasteiger partial charge in [0, 0.05) is 30.5 Å². The molecule has 1 aromatic heterocycles. The minimum absolute atomic E-state index is 0.187. The third-order valence-corrected chi connectivity index (χ3v) is 4.98. The molecule has 1 saturated carbocycles. The average molecular weight is 352 g/mol. The first-order valence-corrected chi connectivity index (χ1v) is 9.58. The molecule has 3 rings (SSSR count). The van der Waals surface area contributed by atoms with Crippen molar-refractivity contribution in [3.8, 4) is 0 Å². The second-order valence-electron chi connectivity index (χ2n) is 6.73. The fourth-order valence-electron chi connectivity index (χ4n) is 3.46. The van der Waals surface area contributed by atoms with Gasteiger partial charge in [-0.05, 0) is 63.1 Å². The molecule has 0 unspecified atom stereocenters. The molecule has 1 aliphatic carbocycles. The van der Waals surface area contributed by atoms with Gasteiger partial charge in [-0.2, -0.15) is 0 Å². The van der Waals surface area contributed by atoms with Crippen LogP contribution >= 0.6 is 0 Å². The van der Waals surface area contributed by atoms with Gasteiger partial charge in [-0.3, -0.25) is 4.79 Å². The number of benzene rings is 1. The summed E-state index contributed by atoms with van der Waals surface area (Å²) in [5.41, 5.74) is 3.35. The number of carbonyl (C=O) groups excluding carboxylic acids is 1. The lowest BCUT2D eigenvalue weighted by molar-refractivity contribution is 0.102. The first-order valence-electron chi connectivity index (χ1n) is 9.58. The summed E-state index contributed by atoms with van der Waals surface area (Å²) in [7, 11) is 0. The average Bonchev–Trinajstić information content (AvgIpc) is 3.18. The van der Waals surface area contributed by atoms with E-state index in [2.05, 4.69) is 34.4 Å². The van der Waals surface area contributed by atoms with Crippen molar-refractivity contribution >= 4 is 23.0 Å². The Morgan fingerprint density at radius 3 is 2.27 bits per heavy atom. The number of hydrogen-bond donors (Lipinski definition) is 2. The van der Waals surface area contributed by atoms with E-state index in [1.807, 2.05) is 30.3 Å². The summed E-state index contributed by atoms with van der Waals surface area (Å²) in [6, 6.07) is 12.2. The molecular formula is C21H28N4O. The molecule has 1 aliphatic rings. The van der Waals surface area contributed by atoms with E-state index >= 15 is 0 Å². The second kappa shape index (κ2) is 8.70. The molecule has 0 bridgehead atoms. The van der Waals surface area contributed by atoms with Gasteiger partial charge >= 0.3 is 0 Å². The maximum Gasteiger partial charge on any atom is 0.274 e. The molecule has 5 heteroatoms. The molecule has 1 heterocycles. The predicted molar refractivity (Wildman–Crippen MR) is 108 cm³/mol. The molecule has 0 radical (unpaired) electrons. The quantitative estimate of drug-likeness (QED) is 0.768. The molecule has 0 aliphatic heterocycles. The summed E-state index contributed by atoms with van der Waals surface area (Å²) in [5, 5.41) is 6.40. The van der Waals surface area contributed by atoms with E-state index in [0.717, 1.165) is 30.2 Å². The lowest BCUT2D eigenvalue weighted by Crippen LogP contribution is -2.21. The van der Waals surface area contributed by atoms with E-state index in [9.17, 15) is 4.79 Å². The zero-order chi connectivity index (χ0) is 18.4.